The summed E-state index contributed by atoms with van der Waals surface area (Å²) in [7, 11) is -4.33. The van der Waals surface area contributed by atoms with Gasteiger partial charge in [-0.2, -0.15) is 5.10 Å². The third-order valence-electron chi connectivity index (χ3n) is 4.35. The number of nitrogens with one attached hydrogen (secondary N) is 3. The number of amides is 1. The van der Waals surface area contributed by atoms with E-state index in [0.717, 1.165) is 18.2 Å². The smallest absolute Gasteiger partial charge is 0.264 e. The van der Waals surface area contributed by atoms with Gasteiger partial charge < -0.3 is 5.32 Å². The van der Waals surface area contributed by atoms with E-state index in [1.165, 1.54) is 43.5 Å². The zero-order chi connectivity index (χ0) is 22.2. The highest BCUT2D eigenvalue weighted by atomic mass is 32.2. The average molecular weight is 443 g/mol. The molecule has 8 nitrogen and oxygen atoms in total. The quantitative estimate of drug-likeness (QED) is 0.435. The van der Waals surface area contributed by atoms with Gasteiger partial charge in [0, 0.05) is 24.2 Å². The minimum atomic E-state index is -4.33. The molecule has 158 valence electrons. The molecule has 0 bridgehead atoms. The van der Waals surface area contributed by atoms with E-state index in [1.807, 2.05) is 0 Å². The fourth-order valence-electron chi connectivity index (χ4n) is 3.02. The van der Waals surface area contributed by atoms with Crippen molar-refractivity contribution < 1.29 is 22.0 Å². The first-order chi connectivity index (χ1) is 14.7. The number of sulfonamides is 1. The van der Waals surface area contributed by atoms with Crippen molar-refractivity contribution in [2.75, 3.05) is 10.0 Å². The van der Waals surface area contributed by atoms with Crippen LogP contribution in [-0.2, 0) is 14.8 Å². The molecule has 2 aromatic heterocycles. The van der Waals surface area contributed by atoms with Crippen molar-refractivity contribution >= 4 is 38.5 Å². The number of aromatic nitrogens is 3. The summed E-state index contributed by atoms with van der Waals surface area (Å²) in [6.07, 6.45) is 1.34. The molecule has 0 spiro atoms. The normalized spacial score (nSPS) is 11.5. The van der Waals surface area contributed by atoms with Crippen LogP contribution in [0.5, 0.6) is 0 Å². The number of carbonyl (C=O) groups is 1. The number of H-pyrrole nitrogens is 1. The zero-order valence-corrected chi connectivity index (χ0v) is 16.8. The summed E-state index contributed by atoms with van der Waals surface area (Å²) >= 11 is 0. The fraction of sp³-hybridized carbons (Fsp3) is 0.0500. The standard InChI is InChI=1S/C20H15F2N5O3S/c1-11(28)24-20-16-8-12(10-23-19(16)25-26-20)15-6-3-7-17(18(15)22)31(29,30)27-14-5-2-4-13(21)9-14/h2-10,27H,1H3,(H2,23,24,25,26,28). The number of nitrogens with zero attached hydrogens (tertiary/aromatic N) is 2. The van der Waals surface area contributed by atoms with Crippen LogP contribution in [0.1, 0.15) is 6.92 Å². The maximum atomic E-state index is 15.3. The molecule has 0 saturated heterocycles. The highest BCUT2D eigenvalue weighted by Gasteiger charge is 2.23. The van der Waals surface area contributed by atoms with Gasteiger partial charge in [-0.05, 0) is 30.3 Å². The molecule has 0 aliphatic carbocycles. The van der Waals surface area contributed by atoms with E-state index in [0.29, 0.717) is 11.0 Å². The predicted octanol–water partition coefficient (Wildman–Crippen LogP) is 3.66. The number of aromatic amines is 1. The summed E-state index contributed by atoms with van der Waals surface area (Å²) < 4.78 is 56.2. The van der Waals surface area contributed by atoms with E-state index >= 15 is 4.39 Å². The maximum Gasteiger partial charge on any atom is 0.264 e. The second-order valence-corrected chi connectivity index (χ2v) is 8.26. The van der Waals surface area contributed by atoms with Crippen LogP contribution in [0.4, 0.5) is 20.3 Å². The van der Waals surface area contributed by atoms with Crippen LogP contribution in [-0.4, -0.2) is 29.5 Å². The van der Waals surface area contributed by atoms with Gasteiger partial charge >= 0.3 is 0 Å². The minimum Gasteiger partial charge on any atom is -0.311 e. The molecule has 2 aromatic carbocycles. The van der Waals surface area contributed by atoms with E-state index in [4.69, 9.17) is 0 Å². The number of hydrogen-bond acceptors (Lipinski definition) is 5. The van der Waals surface area contributed by atoms with Gasteiger partial charge in [0.25, 0.3) is 10.0 Å². The Balaban J connectivity index is 1.76. The zero-order valence-electron chi connectivity index (χ0n) is 16.0. The Morgan fingerprint density at radius 1 is 1.10 bits per heavy atom. The number of pyridine rings is 1. The lowest BCUT2D eigenvalue weighted by atomic mass is 10.1. The topological polar surface area (TPSA) is 117 Å². The summed E-state index contributed by atoms with van der Waals surface area (Å²) in [6, 6.07) is 10.2. The van der Waals surface area contributed by atoms with Gasteiger partial charge in [-0.25, -0.2) is 22.2 Å². The van der Waals surface area contributed by atoms with E-state index in [-0.39, 0.29) is 28.5 Å². The number of anilines is 2. The molecule has 0 saturated carbocycles. The minimum absolute atomic E-state index is 0.0218. The van der Waals surface area contributed by atoms with Gasteiger partial charge in [-0.15, -0.1) is 0 Å². The fourth-order valence-corrected chi connectivity index (χ4v) is 4.17. The lowest BCUT2D eigenvalue weighted by Gasteiger charge is -2.11. The molecule has 4 rings (SSSR count). The van der Waals surface area contributed by atoms with Crippen LogP contribution in [0.25, 0.3) is 22.2 Å². The molecule has 0 unspecified atom stereocenters. The molecule has 3 N–H and O–H groups in total. The summed E-state index contributed by atoms with van der Waals surface area (Å²) in [5.74, 6) is -1.69. The number of hydrogen-bond donors (Lipinski definition) is 3. The third-order valence-corrected chi connectivity index (χ3v) is 5.75. The Hall–Kier alpha value is -3.86. The van der Waals surface area contributed by atoms with Crippen molar-refractivity contribution in [2.24, 2.45) is 0 Å². The van der Waals surface area contributed by atoms with Gasteiger partial charge in [0.15, 0.2) is 11.5 Å². The molecular weight excluding hydrogens is 428 g/mol. The lowest BCUT2D eigenvalue weighted by molar-refractivity contribution is -0.114. The maximum absolute atomic E-state index is 15.3. The Bertz CT molecular complexity index is 1420. The first kappa shape index (κ1) is 20.4. The SMILES string of the molecule is CC(=O)Nc1[nH]nc2ncc(-c3cccc(S(=O)(=O)Nc4cccc(F)c4)c3F)cc12. The molecule has 0 aliphatic rings. The molecule has 0 atom stereocenters. The molecule has 0 radical (unpaired) electrons. The van der Waals surface area contributed by atoms with Crippen molar-refractivity contribution in [3.05, 3.63) is 66.4 Å². The van der Waals surface area contributed by atoms with E-state index in [1.54, 1.807) is 0 Å². The summed E-state index contributed by atoms with van der Waals surface area (Å²) in [4.78, 5) is 14.9. The van der Waals surface area contributed by atoms with Crippen LogP contribution in [0.2, 0.25) is 0 Å². The first-order valence-corrected chi connectivity index (χ1v) is 10.4. The van der Waals surface area contributed by atoms with Crippen LogP contribution in [0, 0.1) is 11.6 Å². The van der Waals surface area contributed by atoms with Crippen molar-refractivity contribution in [1.29, 1.82) is 0 Å². The van der Waals surface area contributed by atoms with Crippen LogP contribution >= 0.6 is 0 Å². The number of benzene rings is 2. The number of halogens is 2. The van der Waals surface area contributed by atoms with Crippen LogP contribution in [0.3, 0.4) is 0 Å². The number of rotatable bonds is 5. The highest BCUT2D eigenvalue weighted by molar-refractivity contribution is 7.92. The van der Waals surface area contributed by atoms with Crippen molar-refractivity contribution in [3.8, 4) is 11.1 Å². The summed E-state index contributed by atoms with van der Waals surface area (Å²) in [6.45, 7) is 1.32. The third kappa shape index (κ3) is 4.08. The van der Waals surface area contributed by atoms with E-state index < -0.39 is 26.6 Å². The van der Waals surface area contributed by atoms with Crippen molar-refractivity contribution in [3.63, 3.8) is 0 Å². The van der Waals surface area contributed by atoms with Crippen LogP contribution in [0.15, 0.2) is 59.6 Å². The van der Waals surface area contributed by atoms with E-state index in [9.17, 15) is 17.6 Å². The molecule has 1 amide bonds. The molecule has 11 heteroatoms. The Morgan fingerprint density at radius 2 is 1.87 bits per heavy atom. The summed E-state index contributed by atoms with van der Waals surface area (Å²) in [5, 5.41) is 9.58. The Kier molecular flexibility index (Phi) is 5.11. The number of fused-ring (bicyclic) bond motifs is 1. The predicted molar refractivity (Wildman–Crippen MR) is 111 cm³/mol. The van der Waals surface area contributed by atoms with Gasteiger partial charge in [-0.1, -0.05) is 18.2 Å². The van der Waals surface area contributed by atoms with Gasteiger partial charge in [0.05, 0.1) is 11.1 Å². The molecule has 2 heterocycles. The molecule has 31 heavy (non-hydrogen) atoms. The van der Waals surface area contributed by atoms with Gasteiger partial charge in [0.2, 0.25) is 5.91 Å². The molecule has 0 aliphatic heterocycles. The van der Waals surface area contributed by atoms with Crippen molar-refractivity contribution in [2.45, 2.75) is 11.8 Å². The van der Waals surface area contributed by atoms with Gasteiger partial charge in [0.1, 0.15) is 16.5 Å². The average Bonchev–Trinajstić information content (AvgIpc) is 3.09. The Labute approximate surface area is 175 Å². The lowest BCUT2D eigenvalue weighted by Crippen LogP contribution is -2.15. The highest BCUT2D eigenvalue weighted by Crippen LogP contribution is 2.31. The second-order valence-electron chi connectivity index (χ2n) is 6.61. The van der Waals surface area contributed by atoms with Gasteiger partial charge in [-0.3, -0.25) is 14.6 Å². The Morgan fingerprint density at radius 3 is 2.61 bits per heavy atom. The molecular formula is C20H15F2N5O3S. The van der Waals surface area contributed by atoms with Crippen LogP contribution < -0.4 is 10.0 Å². The molecule has 4 aromatic rings. The first-order valence-electron chi connectivity index (χ1n) is 8.93. The monoisotopic (exact) mass is 443 g/mol. The van der Waals surface area contributed by atoms with Crippen molar-refractivity contribution in [1.82, 2.24) is 15.2 Å². The molecule has 0 fully saturated rings. The number of carbonyl (C=O) groups excluding carboxylic acids is 1. The second kappa shape index (κ2) is 7.76. The largest absolute Gasteiger partial charge is 0.311 e. The van der Waals surface area contributed by atoms with E-state index in [2.05, 4.69) is 25.2 Å². The summed E-state index contributed by atoms with van der Waals surface area (Å²) in [5.41, 5.74) is 0.517.